The van der Waals surface area contributed by atoms with E-state index in [1.165, 1.54) is 0 Å². The molecule has 0 saturated heterocycles. The van der Waals surface area contributed by atoms with Gasteiger partial charge in [-0.1, -0.05) is 0 Å². The van der Waals surface area contributed by atoms with Crippen molar-refractivity contribution in [2.45, 2.75) is 0 Å². The van der Waals surface area contributed by atoms with E-state index in [1.807, 2.05) is 5.32 Å². The van der Waals surface area contributed by atoms with Gasteiger partial charge in [0, 0.05) is 0 Å². The Hall–Kier alpha value is -2.37. The third-order valence-electron chi connectivity index (χ3n) is 2.06. The zero-order chi connectivity index (χ0) is 11.2. The summed E-state index contributed by atoms with van der Waals surface area (Å²) < 4.78 is 0. The molecule has 0 unspecified atom stereocenters. The van der Waals surface area contributed by atoms with Crippen LogP contribution in [-0.4, -0.2) is 28.0 Å². The van der Waals surface area contributed by atoms with Crippen LogP contribution in [0.25, 0.3) is 0 Å². The zero-order valence-corrected chi connectivity index (χ0v) is 7.27. The van der Waals surface area contributed by atoms with E-state index >= 15 is 0 Å². The molecular formula is C9H5NO5. The van der Waals surface area contributed by atoms with Gasteiger partial charge in [0.05, 0.1) is 16.7 Å². The standard InChI is InChI=1S/C9H5NO5/c11-5-2-3(9(14)15)1-4-6(5)8(13)10-7(4)12/h1-2,11H,(H,14,15)(H,10,12,13). The molecule has 1 aromatic rings. The Balaban J connectivity index is 2.71. The summed E-state index contributed by atoms with van der Waals surface area (Å²) in [7, 11) is 0. The van der Waals surface area contributed by atoms with Gasteiger partial charge in [-0.3, -0.25) is 14.9 Å². The first kappa shape index (κ1) is 9.20. The summed E-state index contributed by atoms with van der Waals surface area (Å²) >= 11 is 0. The highest BCUT2D eigenvalue weighted by molar-refractivity contribution is 6.23. The number of aromatic hydroxyl groups is 1. The average molecular weight is 207 g/mol. The van der Waals surface area contributed by atoms with Crippen LogP contribution in [0.5, 0.6) is 5.75 Å². The van der Waals surface area contributed by atoms with Gasteiger partial charge in [0.2, 0.25) is 0 Å². The van der Waals surface area contributed by atoms with Crippen molar-refractivity contribution >= 4 is 17.8 Å². The summed E-state index contributed by atoms with van der Waals surface area (Å²) in [6, 6.07) is 1.98. The Morgan fingerprint density at radius 3 is 2.47 bits per heavy atom. The monoisotopic (exact) mass is 207 g/mol. The number of rotatable bonds is 1. The maximum atomic E-state index is 11.2. The number of aromatic carboxylic acids is 1. The van der Waals surface area contributed by atoms with Crippen LogP contribution in [0.2, 0.25) is 0 Å². The van der Waals surface area contributed by atoms with Crippen molar-refractivity contribution < 1.29 is 24.6 Å². The van der Waals surface area contributed by atoms with Gasteiger partial charge in [-0.2, -0.15) is 0 Å². The smallest absolute Gasteiger partial charge is 0.335 e. The summed E-state index contributed by atoms with van der Waals surface area (Å²) in [5, 5.41) is 20.0. The van der Waals surface area contributed by atoms with Crippen LogP contribution in [-0.2, 0) is 0 Å². The minimum atomic E-state index is -1.28. The van der Waals surface area contributed by atoms with Crippen LogP contribution < -0.4 is 5.32 Å². The minimum Gasteiger partial charge on any atom is -0.507 e. The number of benzene rings is 1. The van der Waals surface area contributed by atoms with Crippen molar-refractivity contribution in [3.05, 3.63) is 28.8 Å². The molecule has 3 N–H and O–H groups in total. The number of carbonyl (C=O) groups is 3. The fraction of sp³-hybridized carbons (Fsp3) is 0. The summed E-state index contributed by atoms with van der Waals surface area (Å²) in [6.45, 7) is 0. The summed E-state index contributed by atoms with van der Waals surface area (Å²) in [4.78, 5) is 32.9. The second-order valence-corrected chi connectivity index (χ2v) is 3.01. The summed E-state index contributed by atoms with van der Waals surface area (Å²) in [5.74, 6) is -3.20. The van der Waals surface area contributed by atoms with E-state index in [-0.39, 0.29) is 16.7 Å². The predicted molar refractivity (Wildman–Crippen MR) is 46.9 cm³/mol. The van der Waals surface area contributed by atoms with Crippen LogP contribution in [0.1, 0.15) is 31.1 Å². The SMILES string of the molecule is O=C(O)c1cc(O)c2c(c1)C(=O)NC2=O. The number of carbonyl (C=O) groups excluding carboxylic acids is 2. The van der Waals surface area contributed by atoms with E-state index in [1.54, 1.807) is 0 Å². The average Bonchev–Trinajstić information content (AvgIpc) is 2.42. The molecule has 2 amide bonds. The lowest BCUT2D eigenvalue weighted by Crippen LogP contribution is -2.19. The second kappa shape index (κ2) is 2.81. The molecule has 0 radical (unpaired) electrons. The van der Waals surface area contributed by atoms with E-state index in [0.29, 0.717) is 0 Å². The molecule has 0 spiro atoms. The lowest BCUT2D eigenvalue weighted by molar-refractivity contribution is 0.0695. The van der Waals surface area contributed by atoms with Gasteiger partial charge in [-0.25, -0.2) is 4.79 Å². The van der Waals surface area contributed by atoms with Gasteiger partial charge in [-0.05, 0) is 12.1 Å². The van der Waals surface area contributed by atoms with Gasteiger partial charge in [0.25, 0.3) is 11.8 Å². The fourth-order valence-corrected chi connectivity index (χ4v) is 1.40. The van der Waals surface area contributed by atoms with Crippen molar-refractivity contribution in [3.63, 3.8) is 0 Å². The summed E-state index contributed by atoms with van der Waals surface area (Å²) in [5.41, 5.74) is -0.529. The second-order valence-electron chi connectivity index (χ2n) is 3.01. The van der Waals surface area contributed by atoms with Gasteiger partial charge in [-0.15, -0.1) is 0 Å². The first-order valence-electron chi connectivity index (χ1n) is 3.96. The molecule has 0 fully saturated rings. The van der Waals surface area contributed by atoms with Gasteiger partial charge >= 0.3 is 5.97 Å². The molecule has 1 heterocycles. The van der Waals surface area contributed by atoms with Crippen molar-refractivity contribution in [2.75, 3.05) is 0 Å². The zero-order valence-electron chi connectivity index (χ0n) is 7.27. The minimum absolute atomic E-state index is 0.114. The molecule has 0 atom stereocenters. The van der Waals surface area contributed by atoms with Crippen LogP contribution in [0.3, 0.4) is 0 Å². The Kier molecular flexibility index (Phi) is 1.72. The number of imide groups is 1. The number of hydrogen-bond donors (Lipinski definition) is 3. The van der Waals surface area contributed by atoms with Crippen molar-refractivity contribution in [1.82, 2.24) is 5.32 Å². The van der Waals surface area contributed by atoms with Gasteiger partial charge in [0.1, 0.15) is 5.75 Å². The third kappa shape index (κ3) is 1.23. The molecule has 1 aliphatic heterocycles. The molecule has 1 aliphatic rings. The Bertz CT molecular complexity index is 505. The highest BCUT2D eigenvalue weighted by Crippen LogP contribution is 2.27. The van der Waals surface area contributed by atoms with E-state index in [0.717, 1.165) is 12.1 Å². The molecule has 0 saturated carbocycles. The van der Waals surface area contributed by atoms with Crippen LogP contribution in [0, 0.1) is 0 Å². The Morgan fingerprint density at radius 1 is 1.20 bits per heavy atom. The normalized spacial score (nSPS) is 13.6. The molecule has 76 valence electrons. The predicted octanol–water partition coefficient (Wildman–Crippen LogP) is -0.0260. The van der Waals surface area contributed by atoms with Crippen LogP contribution in [0.15, 0.2) is 12.1 Å². The van der Waals surface area contributed by atoms with Crippen molar-refractivity contribution in [1.29, 1.82) is 0 Å². The largest absolute Gasteiger partial charge is 0.507 e. The molecule has 2 rings (SSSR count). The van der Waals surface area contributed by atoms with E-state index in [9.17, 15) is 19.5 Å². The van der Waals surface area contributed by atoms with Crippen LogP contribution >= 0.6 is 0 Å². The number of nitrogens with one attached hydrogen (secondary N) is 1. The summed E-state index contributed by atoms with van der Waals surface area (Å²) in [6.07, 6.45) is 0. The number of carboxylic acids is 1. The highest BCUT2D eigenvalue weighted by atomic mass is 16.4. The van der Waals surface area contributed by atoms with Gasteiger partial charge < -0.3 is 10.2 Å². The maximum absolute atomic E-state index is 11.2. The third-order valence-corrected chi connectivity index (χ3v) is 2.06. The quantitative estimate of drug-likeness (QED) is 0.561. The number of phenols is 1. The number of phenolic OH excluding ortho intramolecular Hbond substituents is 1. The molecule has 15 heavy (non-hydrogen) atoms. The molecule has 6 nitrogen and oxygen atoms in total. The lowest BCUT2D eigenvalue weighted by atomic mass is 10.0. The Labute approximate surface area is 83.1 Å². The molecule has 1 aromatic carbocycles. The highest BCUT2D eigenvalue weighted by Gasteiger charge is 2.31. The number of amides is 2. The molecule has 0 bridgehead atoms. The maximum Gasteiger partial charge on any atom is 0.335 e. The number of carboxylic acid groups (broad SMARTS) is 1. The first-order valence-corrected chi connectivity index (χ1v) is 3.96. The van der Waals surface area contributed by atoms with E-state index in [4.69, 9.17) is 5.11 Å². The fourth-order valence-electron chi connectivity index (χ4n) is 1.40. The Morgan fingerprint density at radius 2 is 1.87 bits per heavy atom. The van der Waals surface area contributed by atoms with Crippen molar-refractivity contribution in [3.8, 4) is 5.75 Å². The number of fused-ring (bicyclic) bond motifs is 1. The van der Waals surface area contributed by atoms with Crippen molar-refractivity contribution in [2.24, 2.45) is 0 Å². The molecule has 6 heteroatoms. The first-order chi connectivity index (χ1) is 7.00. The van der Waals surface area contributed by atoms with Crippen LogP contribution in [0.4, 0.5) is 0 Å². The lowest BCUT2D eigenvalue weighted by Gasteiger charge is -2.00. The van der Waals surface area contributed by atoms with Gasteiger partial charge in [0.15, 0.2) is 0 Å². The van der Waals surface area contributed by atoms with E-state index < -0.39 is 23.5 Å². The number of hydrogen-bond acceptors (Lipinski definition) is 4. The molecule has 0 aliphatic carbocycles. The topological polar surface area (TPSA) is 104 Å². The molecule has 0 aromatic heterocycles. The van der Waals surface area contributed by atoms with E-state index in [2.05, 4.69) is 0 Å². The molecular weight excluding hydrogens is 202 g/mol.